The highest BCUT2D eigenvalue weighted by Gasteiger charge is 2.22. The topological polar surface area (TPSA) is 84.7 Å². The Labute approximate surface area is 123 Å². The highest BCUT2D eigenvalue weighted by molar-refractivity contribution is 5.92. The third-order valence-corrected chi connectivity index (χ3v) is 3.71. The minimum Gasteiger partial charge on any atom is -0.481 e. The summed E-state index contributed by atoms with van der Waals surface area (Å²) in [6, 6.07) is 1.95. The highest BCUT2D eigenvalue weighted by atomic mass is 16.5. The van der Waals surface area contributed by atoms with Gasteiger partial charge >= 0.3 is 5.97 Å². The Balaban J connectivity index is 1.99. The third kappa shape index (κ3) is 3.81. The van der Waals surface area contributed by atoms with E-state index in [0.717, 1.165) is 12.8 Å². The third-order valence-electron chi connectivity index (χ3n) is 3.71. The van der Waals surface area contributed by atoms with Crippen molar-refractivity contribution in [1.82, 2.24) is 14.7 Å². The summed E-state index contributed by atoms with van der Waals surface area (Å²) in [4.78, 5) is 24.5. The number of hydrogen-bond donors (Lipinski definition) is 1. The number of carbonyl (C=O) groups is 2. The zero-order chi connectivity index (χ0) is 15.4. The normalized spacial score (nSPS) is 17.4. The van der Waals surface area contributed by atoms with Crippen molar-refractivity contribution in [3.05, 3.63) is 18.0 Å². The molecule has 1 saturated heterocycles. The molecule has 1 amide bonds. The Morgan fingerprint density at radius 2 is 2.19 bits per heavy atom. The smallest absolute Gasteiger partial charge is 0.308 e. The van der Waals surface area contributed by atoms with Gasteiger partial charge in [0.15, 0.2) is 0 Å². The first kappa shape index (κ1) is 15.5. The zero-order valence-corrected chi connectivity index (χ0v) is 12.4. The lowest BCUT2D eigenvalue weighted by atomic mass is 10.1. The van der Waals surface area contributed by atoms with Crippen LogP contribution in [0.25, 0.3) is 0 Å². The van der Waals surface area contributed by atoms with Crippen molar-refractivity contribution in [2.75, 3.05) is 26.8 Å². The number of hydrogen-bond acceptors (Lipinski definition) is 4. The van der Waals surface area contributed by atoms with Crippen molar-refractivity contribution in [2.24, 2.45) is 5.92 Å². The van der Waals surface area contributed by atoms with Crippen LogP contribution in [-0.2, 0) is 9.53 Å². The monoisotopic (exact) mass is 295 g/mol. The van der Waals surface area contributed by atoms with Crippen LogP contribution >= 0.6 is 0 Å². The van der Waals surface area contributed by atoms with Crippen LogP contribution in [0.2, 0.25) is 0 Å². The van der Waals surface area contributed by atoms with Crippen molar-refractivity contribution in [2.45, 2.75) is 25.8 Å². The summed E-state index contributed by atoms with van der Waals surface area (Å²) in [5, 5.41) is 13.2. The molecule has 7 heteroatoms. The molecule has 1 aliphatic rings. The molecule has 2 heterocycles. The fraction of sp³-hybridized carbons (Fsp3) is 0.643. The van der Waals surface area contributed by atoms with Crippen LogP contribution in [0.1, 0.15) is 36.3 Å². The molecule has 116 valence electrons. The first-order valence-corrected chi connectivity index (χ1v) is 7.10. The van der Waals surface area contributed by atoms with Crippen LogP contribution in [0.4, 0.5) is 0 Å². The first-order valence-electron chi connectivity index (χ1n) is 7.10. The van der Waals surface area contributed by atoms with Crippen molar-refractivity contribution >= 4 is 11.9 Å². The van der Waals surface area contributed by atoms with E-state index < -0.39 is 11.9 Å². The SMILES string of the molecule is CC(CN(C)C(=O)c1ccn(C2CCOCC2)n1)C(=O)O. The van der Waals surface area contributed by atoms with Gasteiger partial charge in [0.1, 0.15) is 5.69 Å². The molecule has 7 nitrogen and oxygen atoms in total. The Morgan fingerprint density at radius 1 is 1.52 bits per heavy atom. The quantitative estimate of drug-likeness (QED) is 0.877. The molecular formula is C14H21N3O4. The summed E-state index contributed by atoms with van der Waals surface area (Å²) >= 11 is 0. The van der Waals surface area contributed by atoms with Gasteiger partial charge in [-0.1, -0.05) is 6.92 Å². The Bertz CT molecular complexity index is 508. The lowest BCUT2D eigenvalue weighted by Crippen LogP contribution is -2.34. The molecular weight excluding hydrogens is 274 g/mol. The molecule has 0 aliphatic carbocycles. The lowest BCUT2D eigenvalue weighted by Gasteiger charge is -2.22. The zero-order valence-electron chi connectivity index (χ0n) is 12.4. The van der Waals surface area contributed by atoms with Crippen LogP contribution in [0.15, 0.2) is 12.3 Å². The van der Waals surface area contributed by atoms with Crippen LogP contribution in [0, 0.1) is 5.92 Å². The minimum atomic E-state index is -0.914. The summed E-state index contributed by atoms with van der Waals surface area (Å²) in [5.41, 5.74) is 0.349. The summed E-state index contributed by atoms with van der Waals surface area (Å²) in [5.74, 6) is -1.77. The first-order chi connectivity index (χ1) is 9.99. The van der Waals surface area contributed by atoms with Gasteiger partial charge in [0.25, 0.3) is 5.91 Å². The molecule has 1 aliphatic heterocycles. The summed E-state index contributed by atoms with van der Waals surface area (Å²) in [6.45, 7) is 3.17. The molecule has 0 aromatic carbocycles. The maximum Gasteiger partial charge on any atom is 0.308 e. The molecule has 1 N–H and O–H groups in total. The largest absolute Gasteiger partial charge is 0.481 e. The minimum absolute atomic E-state index is 0.165. The van der Waals surface area contributed by atoms with Crippen molar-refractivity contribution < 1.29 is 19.4 Å². The van der Waals surface area contributed by atoms with E-state index in [1.165, 1.54) is 4.90 Å². The van der Waals surface area contributed by atoms with E-state index in [-0.39, 0.29) is 18.5 Å². The van der Waals surface area contributed by atoms with E-state index in [1.807, 2.05) is 4.68 Å². The van der Waals surface area contributed by atoms with Gasteiger partial charge in [-0.25, -0.2) is 0 Å². The molecule has 1 atom stereocenters. The summed E-state index contributed by atoms with van der Waals surface area (Å²) in [7, 11) is 1.59. The van der Waals surface area contributed by atoms with Gasteiger partial charge in [0.2, 0.25) is 0 Å². The predicted octanol–water partition coefficient (Wildman–Crippen LogP) is 1.03. The van der Waals surface area contributed by atoms with Gasteiger partial charge in [-0.15, -0.1) is 0 Å². The number of nitrogens with zero attached hydrogens (tertiary/aromatic N) is 3. The predicted molar refractivity (Wildman–Crippen MR) is 75.1 cm³/mol. The maximum absolute atomic E-state index is 12.2. The second kappa shape index (κ2) is 6.71. The summed E-state index contributed by atoms with van der Waals surface area (Å²) < 4.78 is 7.12. The average Bonchev–Trinajstić information content (AvgIpc) is 2.96. The van der Waals surface area contributed by atoms with E-state index in [1.54, 1.807) is 26.2 Å². The van der Waals surface area contributed by atoms with E-state index in [9.17, 15) is 9.59 Å². The van der Waals surface area contributed by atoms with Gasteiger partial charge in [0, 0.05) is 33.0 Å². The average molecular weight is 295 g/mol. The van der Waals surface area contributed by atoms with Crippen molar-refractivity contribution in [3.63, 3.8) is 0 Å². The number of amides is 1. The van der Waals surface area contributed by atoms with E-state index in [4.69, 9.17) is 9.84 Å². The fourth-order valence-electron chi connectivity index (χ4n) is 2.37. The maximum atomic E-state index is 12.2. The molecule has 0 bridgehead atoms. The number of carboxylic acids is 1. The summed E-state index contributed by atoms with van der Waals surface area (Å²) in [6.07, 6.45) is 3.58. The molecule has 0 saturated carbocycles. The van der Waals surface area contributed by atoms with E-state index in [2.05, 4.69) is 5.10 Å². The van der Waals surface area contributed by atoms with Gasteiger partial charge in [0.05, 0.1) is 12.0 Å². The van der Waals surface area contributed by atoms with Gasteiger partial charge in [-0.3, -0.25) is 14.3 Å². The number of aliphatic carboxylic acids is 1. The number of carboxylic acid groups (broad SMARTS) is 1. The molecule has 1 aromatic heterocycles. The Morgan fingerprint density at radius 3 is 2.81 bits per heavy atom. The lowest BCUT2D eigenvalue weighted by molar-refractivity contribution is -0.141. The Kier molecular flexibility index (Phi) is 4.95. The highest BCUT2D eigenvalue weighted by Crippen LogP contribution is 2.20. The Hall–Kier alpha value is -1.89. The van der Waals surface area contributed by atoms with Gasteiger partial charge in [-0.05, 0) is 18.9 Å². The van der Waals surface area contributed by atoms with Crippen molar-refractivity contribution in [1.29, 1.82) is 0 Å². The molecule has 0 spiro atoms. The fourth-order valence-corrected chi connectivity index (χ4v) is 2.37. The number of carbonyl (C=O) groups excluding carboxylic acids is 1. The van der Waals surface area contributed by atoms with Gasteiger partial charge < -0.3 is 14.7 Å². The van der Waals surface area contributed by atoms with Crippen LogP contribution in [0.5, 0.6) is 0 Å². The van der Waals surface area contributed by atoms with Crippen LogP contribution in [-0.4, -0.2) is 58.5 Å². The second-order valence-electron chi connectivity index (χ2n) is 5.45. The standard InChI is InChI=1S/C14H21N3O4/c1-10(14(19)20)9-16(2)13(18)12-3-6-17(15-12)11-4-7-21-8-5-11/h3,6,10-11H,4-5,7-9H2,1-2H3,(H,19,20). The number of ether oxygens (including phenoxy) is 1. The van der Waals surface area contributed by atoms with Crippen LogP contribution < -0.4 is 0 Å². The van der Waals surface area contributed by atoms with Gasteiger partial charge in [-0.2, -0.15) is 5.10 Å². The van der Waals surface area contributed by atoms with E-state index >= 15 is 0 Å². The molecule has 1 unspecified atom stereocenters. The van der Waals surface area contributed by atoms with Crippen LogP contribution in [0.3, 0.4) is 0 Å². The molecule has 2 rings (SSSR count). The van der Waals surface area contributed by atoms with E-state index in [0.29, 0.717) is 18.9 Å². The number of rotatable bonds is 5. The molecule has 1 fully saturated rings. The molecule has 21 heavy (non-hydrogen) atoms. The number of aromatic nitrogens is 2. The molecule has 0 radical (unpaired) electrons. The molecule has 1 aromatic rings. The second-order valence-corrected chi connectivity index (χ2v) is 5.45. The van der Waals surface area contributed by atoms with Crippen molar-refractivity contribution in [3.8, 4) is 0 Å².